The first kappa shape index (κ1) is 27.7. The highest BCUT2D eigenvalue weighted by atomic mass is 14.9. The van der Waals surface area contributed by atoms with E-state index in [0.29, 0.717) is 5.82 Å². The van der Waals surface area contributed by atoms with Crippen LogP contribution in [0.2, 0.25) is 0 Å². The quantitative estimate of drug-likeness (QED) is 0.182. The monoisotopic (exact) mass is 609 g/mol. The molecule has 2 aromatic heterocycles. The van der Waals surface area contributed by atoms with Crippen LogP contribution in [-0.2, 0) is 0 Å². The van der Waals surface area contributed by atoms with Crippen molar-refractivity contribution in [1.29, 1.82) is 0 Å². The molecule has 0 radical (unpaired) electrons. The molecular weight excluding hydrogens is 583 g/mol. The van der Waals surface area contributed by atoms with E-state index in [1.165, 1.54) is 27.3 Å². The second-order valence-electron chi connectivity index (χ2n) is 11.9. The molecule has 0 saturated carbocycles. The third kappa shape index (κ3) is 4.94. The zero-order valence-electron chi connectivity index (χ0n) is 25.9. The van der Waals surface area contributed by atoms with Crippen molar-refractivity contribution in [2.75, 3.05) is 0 Å². The molecule has 0 aliphatic heterocycles. The SMILES string of the molecule is C1=C=Cc2c(c(-c3nc(-c4ccc(-c5cccc6ccccc56)cc4)cc(-c4cccc(-c5cccnc5)c4)n3)cc3ccccc23)C=1. The zero-order chi connectivity index (χ0) is 31.9. The van der Waals surface area contributed by atoms with E-state index >= 15 is 0 Å². The summed E-state index contributed by atoms with van der Waals surface area (Å²) in [6, 6.07) is 49.0. The molecule has 1 aliphatic carbocycles. The fourth-order valence-corrected chi connectivity index (χ4v) is 6.67. The lowest BCUT2D eigenvalue weighted by molar-refractivity contribution is 1.18. The predicted molar refractivity (Wildman–Crippen MR) is 198 cm³/mol. The van der Waals surface area contributed by atoms with Crippen molar-refractivity contribution >= 4 is 33.7 Å². The Kier molecular flexibility index (Phi) is 6.70. The molecular formula is C45H27N3. The number of pyridine rings is 1. The maximum atomic E-state index is 5.24. The second-order valence-corrected chi connectivity index (χ2v) is 11.9. The molecule has 0 spiro atoms. The van der Waals surface area contributed by atoms with E-state index in [-0.39, 0.29) is 0 Å². The Balaban J connectivity index is 1.23. The van der Waals surface area contributed by atoms with Gasteiger partial charge in [-0.1, -0.05) is 127 Å². The predicted octanol–water partition coefficient (Wildman–Crippen LogP) is 11.3. The number of fused-ring (bicyclic) bond motifs is 4. The molecule has 0 N–H and O–H groups in total. The summed E-state index contributed by atoms with van der Waals surface area (Å²) in [6.07, 6.45) is 7.69. The van der Waals surface area contributed by atoms with Crippen molar-refractivity contribution in [3.8, 4) is 56.2 Å². The molecule has 0 atom stereocenters. The van der Waals surface area contributed by atoms with Crippen LogP contribution in [0.25, 0.3) is 89.9 Å². The molecule has 9 rings (SSSR count). The van der Waals surface area contributed by atoms with Gasteiger partial charge in [0.2, 0.25) is 0 Å². The Bertz CT molecular complexity index is 2620. The minimum Gasteiger partial charge on any atom is -0.264 e. The first-order valence-electron chi connectivity index (χ1n) is 16.0. The number of rotatable bonds is 5. The summed E-state index contributed by atoms with van der Waals surface area (Å²) in [5.74, 6) is 0.669. The van der Waals surface area contributed by atoms with Crippen LogP contribution in [0.15, 0.2) is 163 Å². The number of hydrogen-bond acceptors (Lipinski definition) is 3. The number of nitrogens with zero attached hydrogens (tertiary/aromatic N) is 3. The van der Waals surface area contributed by atoms with Crippen LogP contribution in [0, 0.1) is 0 Å². The number of hydrogen-bond donors (Lipinski definition) is 0. The van der Waals surface area contributed by atoms with Gasteiger partial charge in [-0.2, -0.15) is 0 Å². The van der Waals surface area contributed by atoms with E-state index in [9.17, 15) is 0 Å². The van der Waals surface area contributed by atoms with Gasteiger partial charge in [0.05, 0.1) is 11.4 Å². The van der Waals surface area contributed by atoms with Crippen LogP contribution in [0.4, 0.5) is 0 Å². The Morgan fingerprint density at radius 3 is 1.92 bits per heavy atom. The zero-order valence-corrected chi connectivity index (χ0v) is 25.9. The van der Waals surface area contributed by atoms with Gasteiger partial charge < -0.3 is 0 Å². The number of benzene rings is 6. The van der Waals surface area contributed by atoms with E-state index in [2.05, 4.69) is 150 Å². The van der Waals surface area contributed by atoms with Gasteiger partial charge in [-0.15, -0.1) is 0 Å². The highest BCUT2D eigenvalue weighted by molar-refractivity contribution is 6.00. The van der Waals surface area contributed by atoms with Crippen molar-refractivity contribution in [2.45, 2.75) is 0 Å². The minimum atomic E-state index is 0.669. The highest BCUT2D eigenvalue weighted by Gasteiger charge is 2.18. The van der Waals surface area contributed by atoms with Gasteiger partial charge in [0.25, 0.3) is 0 Å². The summed E-state index contributed by atoms with van der Waals surface area (Å²) in [5, 5.41) is 4.78. The van der Waals surface area contributed by atoms with Crippen LogP contribution in [0.3, 0.4) is 0 Å². The largest absolute Gasteiger partial charge is 0.264 e. The van der Waals surface area contributed by atoms with Crippen LogP contribution in [-0.4, -0.2) is 15.0 Å². The molecule has 2 heterocycles. The first-order chi connectivity index (χ1) is 23.8. The lowest BCUT2D eigenvalue weighted by Gasteiger charge is -2.15. The Hall–Kier alpha value is -6.63. The average Bonchev–Trinajstić information content (AvgIpc) is 3.17. The molecule has 0 amide bonds. The Morgan fingerprint density at radius 2 is 1.08 bits per heavy atom. The maximum Gasteiger partial charge on any atom is 0.161 e. The topological polar surface area (TPSA) is 38.7 Å². The molecule has 0 bridgehead atoms. The molecule has 222 valence electrons. The average molecular weight is 610 g/mol. The van der Waals surface area contributed by atoms with Crippen LogP contribution in [0.1, 0.15) is 11.1 Å². The molecule has 8 aromatic rings. The van der Waals surface area contributed by atoms with Gasteiger partial charge in [0.15, 0.2) is 5.82 Å². The van der Waals surface area contributed by atoms with Crippen molar-refractivity contribution in [3.05, 3.63) is 175 Å². The summed E-state index contributed by atoms with van der Waals surface area (Å²) < 4.78 is 0. The van der Waals surface area contributed by atoms with E-state index in [0.717, 1.165) is 55.7 Å². The molecule has 0 fully saturated rings. The maximum absolute atomic E-state index is 5.24. The molecule has 0 unspecified atom stereocenters. The highest BCUT2D eigenvalue weighted by Crippen LogP contribution is 2.37. The molecule has 48 heavy (non-hydrogen) atoms. The summed E-state index contributed by atoms with van der Waals surface area (Å²) in [6.45, 7) is 0. The van der Waals surface area contributed by atoms with Crippen molar-refractivity contribution in [2.24, 2.45) is 0 Å². The normalized spacial score (nSPS) is 11.7. The lowest BCUT2D eigenvalue weighted by atomic mass is 9.92. The number of aromatic nitrogens is 3. The van der Waals surface area contributed by atoms with Crippen molar-refractivity contribution in [3.63, 3.8) is 0 Å². The summed E-state index contributed by atoms with van der Waals surface area (Å²) >= 11 is 0. The fourth-order valence-electron chi connectivity index (χ4n) is 6.67. The molecule has 3 nitrogen and oxygen atoms in total. The van der Waals surface area contributed by atoms with Gasteiger partial charge in [-0.3, -0.25) is 4.98 Å². The second kappa shape index (κ2) is 11.6. The third-order valence-electron chi connectivity index (χ3n) is 9.05. The van der Waals surface area contributed by atoms with E-state index < -0.39 is 0 Å². The van der Waals surface area contributed by atoms with Gasteiger partial charge in [-0.05, 0) is 80.2 Å². The van der Waals surface area contributed by atoms with Crippen molar-refractivity contribution in [1.82, 2.24) is 15.0 Å². The van der Waals surface area contributed by atoms with E-state index in [1.54, 1.807) is 6.20 Å². The summed E-state index contributed by atoms with van der Waals surface area (Å²) in [4.78, 5) is 14.8. The first-order valence-corrected chi connectivity index (χ1v) is 16.0. The van der Waals surface area contributed by atoms with Crippen LogP contribution >= 0.6 is 0 Å². The summed E-state index contributed by atoms with van der Waals surface area (Å²) in [5.41, 5.74) is 17.7. The van der Waals surface area contributed by atoms with Crippen LogP contribution in [0.5, 0.6) is 0 Å². The smallest absolute Gasteiger partial charge is 0.161 e. The fraction of sp³-hybridized carbons (Fsp3) is 0. The van der Waals surface area contributed by atoms with Crippen LogP contribution < -0.4 is 0 Å². The summed E-state index contributed by atoms with van der Waals surface area (Å²) in [7, 11) is 0. The van der Waals surface area contributed by atoms with Gasteiger partial charge >= 0.3 is 0 Å². The van der Waals surface area contributed by atoms with E-state index in [4.69, 9.17) is 9.97 Å². The minimum absolute atomic E-state index is 0.669. The standard InChI is InChI=1S/C45H27N3/c1-3-16-37-30(10-1)12-8-20-38(37)31-21-23-32(24-22-31)43-28-44(35-14-7-13-33(26-35)36-15-9-25-46-29-36)48-45(47-43)42-27-34-11-2-4-17-39(34)40-18-5-6-19-41(40)42/h1-4,7-29H. The molecule has 1 aliphatic rings. The molecule has 3 heteroatoms. The van der Waals surface area contributed by atoms with Gasteiger partial charge in [-0.25, -0.2) is 9.97 Å². The van der Waals surface area contributed by atoms with Crippen molar-refractivity contribution < 1.29 is 0 Å². The molecule has 0 saturated heterocycles. The lowest BCUT2D eigenvalue weighted by Crippen LogP contribution is -1.99. The Morgan fingerprint density at radius 1 is 0.417 bits per heavy atom. The Labute approximate surface area is 278 Å². The van der Waals surface area contributed by atoms with Gasteiger partial charge in [0, 0.05) is 40.2 Å². The van der Waals surface area contributed by atoms with Gasteiger partial charge in [0.1, 0.15) is 0 Å². The van der Waals surface area contributed by atoms with E-state index in [1.807, 2.05) is 24.4 Å². The third-order valence-corrected chi connectivity index (χ3v) is 9.05. The molecule has 6 aromatic carbocycles.